The molecule has 0 radical (unpaired) electrons. The van der Waals surface area contributed by atoms with Crippen LogP contribution >= 0.6 is 11.3 Å². The van der Waals surface area contributed by atoms with E-state index >= 15 is 0 Å². The number of furan rings is 1. The molecule has 2 heterocycles. The van der Waals surface area contributed by atoms with Crippen LogP contribution in [0.25, 0.3) is 65.0 Å². The van der Waals surface area contributed by atoms with Crippen LogP contribution in [0.3, 0.4) is 0 Å². The van der Waals surface area contributed by atoms with E-state index in [2.05, 4.69) is 126 Å². The number of nitrogens with zero attached hydrogens (tertiary/aromatic N) is 2. The Morgan fingerprint density at radius 2 is 1.34 bits per heavy atom. The van der Waals surface area contributed by atoms with Crippen molar-refractivity contribution in [3.05, 3.63) is 133 Å². The average molecular weight is 543 g/mol. The van der Waals surface area contributed by atoms with Crippen molar-refractivity contribution in [2.24, 2.45) is 0 Å². The van der Waals surface area contributed by atoms with E-state index in [0.29, 0.717) is 0 Å². The minimum absolute atomic E-state index is 0.884. The molecule has 0 atom stereocenters. The van der Waals surface area contributed by atoms with E-state index in [1.807, 2.05) is 12.1 Å². The second-order valence-electron chi connectivity index (χ2n) is 10.4. The van der Waals surface area contributed by atoms with Crippen LogP contribution in [0.2, 0.25) is 0 Å². The van der Waals surface area contributed by atoms with Gasteiger partial charge in [-0.25, -0.2) is 4.98 Å². The molecule has 0 spiro atoms. The molecule has 0 bridgehead atoms. The number of thiazole rings is 1. The Kier molecular flexibility index (Phi) is 4.77. The van der Waals surface area contributed by atoms with Gasteiger partial charge in [-0.3, -0.25) is 0 Å². The molecule has 0 aliphatic heterocycles. The first kappa shape index (κ1) is 22.6. The summed E-state index contributed by atoms with van der Waals surface area (Å²) in [4.78, 5) is 8.75. The normalized spacial score (nSPS) is 11.9. The lowest BCUT2D eigenvalue weighted by Crippen LogP contribution is -2.10. The first-order chi connectivity index (χ1) is 20.3. The van der Waals surface area contributed by atoms with Gasteiger partial charge in [0.1, 0.15) is 16.2 Å². The van der Waals surface area contributed by atoms with Crippen molar-refractivity contribution in [2.75, 3.05) is 4.90 Å². The molecule has 6 aromatic carbocycles. The van der Waals surface area contributed by atoms with E-state index in [1.165, 1.54) is 26.8 Å². The molecule has 4 heteroatoms. The zero-order valence-corrected chi connectivity index (χ0v) is 22.7. The molecule has 41 heavy (non-hydrogen) atoms. The quantitative estimate of drug-likeness (QED) is 0.221. The van der Waals surface area contributed by atoms with Gasteiger partial charge in [0, 0.05) is 33.5 Å². The van der Waals surface area contributed by atoms with E-state index in [1.54, 1.807) is 11.3 Å². The third-order valence-corrected chi connectivity index (χ3v) is 9.14. The van der Waals surface area contributed by atoms with E-state index in [0.717, 1.165) is 55.3 Å². The smallest absolute Gasteiger partial charge is 0.137 e. The zero-order chi connectivity index (χ0) is 26.9. The molecular weight excluding hydrogens is 520 g/mol. The van der Waals surface area contributed by atoms with Crippen LogP contribution in [0.5, 0.6) is 0 Å². The van der Waals surface area contributed by atoms with Gasteiger partial charge >= 0.3 is 0 Å². The Labute approximate surface area is 240 Å². The number of benzene rings is 6. The molecule has 2 aromatic heterocycles. The van der Waals surface area contributed by atoms with Crippen molar-refractivity contribution in [3.63, 3.8) is 0 Å². The minimum Gasteiger partial charge on any atom is -0.456 e. The summed E-state index contributed by atoms with van der Waals surface area (Å²) in [5.74, 6) is 0. The van der Waals surface area contributed by atoms with Crippen molar-refractivity contribution >= 4 is 61.1 Å². The maximum Gasteiger partial charge on any atom is 0.137 e. The number of rotatable bonds is 4. The van der Waals surface area contributed by atoms with Crippen LogP contribution in [0.15, 0.2) is 138 Å². The summed E-state index contributed by atoms with van der Waals surface area (Å²) >= 11 is 1.78. The highest BCUT2D eigenvalue weighted by atomic mass is 32.1. The van der Waals surface area contributed by atoms with Crippen molar-refractivity contribution in [1.82, 2.24) is 4.98 Å². The van der Waals surface area contributed by atoms with E-state index in [4.69, 9.17) is 9.40 Å². The van der Waals surface area contributed by atoms with Crippen LogP contribution in [0, 0.1) is 0 Å². The summed E-state index contributed by atoms with van der Waals surface area (Å²) in [7, 11) is 0. The molecule has 192 valence electrons. The third-order valence-electron chi connectivity index (χ3n) is 8.00. The number of fused-ring (bicyclic) bond motifs is 6. The van der Waals surface area contributed by atoms with Gasteiger partial charge < -0.3 is 9.32 Å². The van der Waals surface area contributed by atoms with E-state index in [-0.39, 0.29) is 0 Å². The molecule has 0 saturated heterocycles. The van der Waals surface area contributed by atoms with Crippen LogP contribution in [0.1, 0.15) is 0 Å². The molecule has 1 aliphatic rings. The van der Waals surface area contributed by atoms with Gasteiger partial charge in [-0.05, 0) is 53.2 Å². The number of aromatic nitrogens is 1. The fourth-order valence-corrected chi connectivity index (χ4v) is 7.36. The predicted octanol–water partition coefficient (Wildman–Crippen LogP) is 11.0. The monoisotopic (exact) mass is 542 g/mol. The SMILES string of the molecule is c1ccc(-c2nc3c(s2)-c2cc(N(c4ccccc4)c4cccc5oc6ccccc6c45)cc4cccc-3c24)cc1. The first-order valence-corrected chi connectivity index (χ1v) is 14.5. The molecule has 0 fully saturated rings. The zero-order valence-electron chi connectivity index (χ0n) is 21.9. The highest BCUT2D eigenvalue weighted by Crippen LogP contribution is 2.53. The lowest BCUT2D eigenvalue weighted by Gasteiger charge is -2.27. The lowest BCUT2D eigenvalue weighted by molar-refractivity contribution is 0.669. The maximum atomic E-state index is 6.30. The number of anilines is 3. The Morgan fingerprint density at radius 1 is 0.585 bits per heavy atom. The Balaban J connectivity index is 1.32. The number of hydrogen-bond acceptors (Lipinski definition) is 4. The van der Waals surface area contributed by atoms with E-state index in [9.17, 15) is 0 Å². The van der Waals surface area contributed by atoms with Crippen LogP contribution in [-0.4, -0.2) is 4.98 Å². The summed E-state index contributed by atoms with van der Waals surface area (Å²) in [5.41, 5.74) is 9.77. The van der Waals surface area contributed by atoms with Gasteiger partial charge in [-0.1, -0.05) is 91.0 Å². The highest BCUT2D eigenvalue weighted by molar-refractivity contribution is 7.19. The largest absolute Gasteiger partial charge is 0.456 e. The van der Waals surface area contributed by atoms with Crippen LogP contribution in [-0.2, 0) is 0 Å². The molecule has 3 nitrogen and oxygen atoms in total. The molecule has 0 amide bonds. The fraction of sp³-hybridized carbons (Fsp3) is 0. The highest BCUT2D eigenvalue weighted by Gasteiger charge is 2.28. The minimum atomic E-state index is 0.884. The Morgan fingerprint density at radius 3 is 2.22 bits per heavy atom. The maximum absolute atomic E-state index is 6.30. The summed E-state index contributed by atoms with van der Waals surface area (Å²) < 4.78 is 6.30. The molecule has 0 unspecified atom stereocenters. The molecule has 1 aliphatic carbocycles. The van der Waals surface area contributed by atoms with E-state index < -0.39 is 0 Å². The second-order valence-corrected chi connectivity index (χ2v) is 11.4. The van der Waals surface area contributed by atoms with Crippen molar-refractivity contribution < 1.29 is 4.42 Å². The summed E-state index contributed by atoms with van der Waals surface area (Å²) in [5, 5.41) is 5.78. The predicted molar refractivity (Wildman–Crippen MR) is 171 cm³/mol. The number of para-hydroxylation sites is 2. The summed E-state index contributed by atoms with van der Waals surface area (Å²) in [6.45, 7) is 0. The van der Waals surface area contributed by atoms with Crippen LogP contribution < -0.4 is 4.90 Å². The molecule has 8 aromatic rings. The summed E-state index contributed by atoms with van der Waals surface area (Å²) in [6.07, 6.45) is 0. The fourth-order valence-electron chi connectivity index (χ4n) is 6.25. The van der Waals surface area contributed by atoms with Crippen molar-refractivity contribution in [3.8, 4) is 32.3 Å². The standard InChI is InChI=1S/C37H22N2OS/c1-3-11-23(12-4-1)37-38-35-28-17-9-13-24-21-26(22-29(33(24)28)36(35)41-37)39(25-14-5-2-6-15-25)30-18-10-20-32-34(30)27-16-7-8-19-31(27)40-32/h1-22H. The molecule has 9 rings (SSSR count). The first-order valence-electron chi connectivity index (χ1n) is 13.7. The van der Waals surface area contributed by atoms with Gasteiger partial charge in [0.15, 0.2) is 0 Å². The molecular formula is C37H22N2OS. The van der Waals surface area contributed by atoms with Gasteiger partial charge in [0.25, 0.3) is 0 Å². The van der Waals surface area contributed by atoms with Crippen molar-refractivity contribution in [2.45, 2.75) is 0 Å². The Hall–Kier alpha value is -5.19. The van der Waals surface area contributed by atoms with Crippen molar-refractivity contribution in [1.29, 1.82) is 0 Å². The third kappa shape index (κ3) is 3.35. The van der Waals surface area contributed by atoms with Gasteiger partial charge in [-0.2, -0.15) is 0 Å². The van der Waals surface area contributed by atoms with Gasteiger partial charge in [0.05, 0.1) is 21.6 Å². The summed E-state index contributed by atoms with van der Waals surface area (Å²) in [6, 6.07) is 47.0. The molecule has 0 N–H and O–H groups in total. The van der Waals surface area contributed by atoms with Crippen LogP contribution in [0.4, 0.5) is 17.1 Å². The van der Waals surface area contributed by atoms with Gasteiger partial charge in [0.2, 0.25) is 0 Å². The average Bonchev–Trinajstić information content (AvgIpc) is 3.71. The molecule has 0 saturated carbocycles. The lowest BCUT2D eigenvalue weighted by atomic mass is 10.0. The topological polar surface area (TPSA) is 29.3 Å². The van der Waals surface area contributed by atoms with Gasteiger partial charge in [-0.15, -0.1) is 11.3 Å². The second kappa shape index (κ2) is 8.65. The Bertz CT molecular complexity index is 2260. The number of hydrogen-bond donors (Lipinski definition) is 0.